The quantitative estimate of drug-likeness (QED) is 0.225. The van der Waals surface area contributed by atoms with E-state index in [1.54, 1.807) is 46.2 Å². The van der Waals surface area contributed by atoms with Gasteiger partial charge in [-0.2, -0.15) is 0 Å². The lowest BCUT2D eigenvalue weighted by Crippen LogP contribution is -2.20. The van der Waals surface area contributed by atoms with Crippen LogP contribution in [0.1, 0.15) is 42.3 Å². The van der Waals surface area contributed by atoms with E-state index in [0.717, 1.165) is 31.1 Å². The standard InChI is InChI=1S/C29H32ClN5O2/c1-37-26-9-8-24-28(33-26)27(23-7-6-21(30)16-25(23)32-24)31-22-14-19(17-34-10-2-3-11-34)29(36)20(15-22)18-35-12-4-5-13-35/h6-9,14-16,36H,2-5,10-13,17-18H2,1H3,(H,31,32)/i17D2,18D2. The Hall–Kier alpha value is -3.13. The van der Waals surface area contributed by atoms with Gasteiger partial charge in [-0.1, -0.05) is 11.6 Å². The number of nitrogens with zero attached hydrogens (tertiary/aromatic N) is 4. The van der Waals surface area contributed by atoms with Crippen LogP contribution in [-0.4, -0.2) is 58.2 Å². The molecule has 2 aliphatic rings. The van der Waals surface area contributed by atoms with E-state index < -0.39 is 13.0 Å². The predicted octanol–water partition coefficient (Wildman–Crippen LogP) is 6.09. The summed E-state index contributed by atoms with van der Waals surface area (Å²) in [5, 5.41) is 16.2. The number of phenols is 1. The Morgan fingerprint density at radius 2 is 1.57 bits per heavy atom. The number of fused-ring (bicyclic) bond motifs is 2. The van der Waals surface area contributed by atoms with E-state index in [2.05, 4.69) is 10.3 Å². The Morgan fingerprint density at radius 1 is 0.919 bits per heavy atom. The van der Waals surface area contributed by atoms with Crippen molar-refractivity contribution in [2.75, 3.05) is 38.6 Å². The van der Waals surface area contributed by atoms with Crippen molar-refractivity contribution in [2.24, 2.45) is 0 Å². The first-order valence-corrected chi connectivity index (χ1v) is 13.1. The van der Waals surface area contributed by atoms with Gasteiger partial charge in [0.15, 0.2) is 0 Å². The van der Waals surface area contributed by atoms with Crippen LogP contribution in [0.3, 0.4) is 0 Å². The van der Waals surface area contributed by atoms with Crippen molar-refractivity contribution in [1.82, 2.24) is 19.8 Å². The number of nitrogens with one attached hydrogen (secondary N) is 1. The molecule has 8 heteroatoms. The summed E-state index contributed by atoms with van der Waals surface area (Å²) in [6, 6.07) is 12.0. The van der Waals surface area contributed by atoms with E-state index in [4.69, 9.17) is 26.8 Å². The number of likely N-dealkylation sites (tertiary alicyclic amines) is 2. The Morgan fingerprint density at radius 3 is 2.19 bits per heavy atom. The zero-order valence-corrected chi connectivity index (χ0v) is 21.5. The highest BCUT2D eigenvalue weighted by molar-refractivity contribution is 6.31. The molecule has 2 aromatic heterocycles. The Kier molecular flexibility index (Phi) is 5.56. The number of aromatic nitrogens is 2. The molecule has 2 N–H and O–H groups in total. The monoisotopic (exact) mass is 521 g/mol. The molecule has 0 saturated carbocycles. The van der Waals surface area contributed by atoms with Crippen LogP contribution in [0.4, 0.5) is 11.4 Å². The van der Waals surface area contributed by atoms with Crippen LogP contribution in [0.5, 0.6) is 11.6 Å². The maximum absolute atomic E-state index is 11.5. The third-order valence-corrected chi connectivity index (χ3v) is 7.15. The molecular weight excluding hydrogens is 486 g/mol. The van der Waals surface area contributed by atoms with E-state index >= 15 is 0 Å². The highest BCUT2D eigenvalue weighted by atomic mass is 35.5. The second-order valence-electron chi connectivity index (χ2n) is 9.53. The first-order valence-electron chi connectivity index (χ1n) is 14.7. The summed E-state index contributed by atoms with van der Waals surface area (Å²) in [7, 11) is 1.54. The van der Waals surface area contributed by atoms with Crippen LogP contribution in [0.25, 0.3) is 21.9 Å². The van der Waals surface area contributed by atoms with Crippen molar-refractivity contribution in [3.8, 4) is 11.6 Å². The first-order chi connectivity index (χ1) is 19.6. The lowest BCUT2D eigenvalue weighted by Gasteiger charge is -2.22. The molecule has 6 rings (SSSR count). The van der Waals surface area contributed by atoms with Crippen LogP contribution >= 0.6 is 11.6 Å². The van der Waals surface area contributed by atoms with E-state index in [-0.39, 0.29) is 16.9 Å². The number of benzene rings is 2. The van der Waals surface area contributed by atoms with Crippen molar-refractivity contribution < 1.29 is 15.3 Å². The molecule has 37 heavy (non-hydrogen) atoms. The van der Waals surface area contributed by atoms with Gasteiger partial charge < -0.3 is 15.2 Å². The van der Waals surface area contributed by atoms with Crippen molar-refractivity contribution in [3.63, 3.8) is 0 Å². The molecule has 2 aliphatic heterocycles. The largest absolute Gasteiger partial charge is 0.507 e. The number of ether oxygens (including phenoxy) is 1. The van der Waals surface area contributed by atoms with E-state index in [9.17, 15) is 5.11 Å². The van der Waals surface area contributed by atoms with E-state index in [0.29, 0.717) is 65.0 Å². The lowest BCUT2D eigenvalue weighted by atomic mass is 10.0. The fourth-order valence-corrected chi connectivity index (χ4v) is 5.20. The molecule has 0 aliphatic carbocycles. The summed E-state index contributed by atoms with van der Waals surface area (Å²) in [6.45, 7) is -1.78. The number of methoxy groups -OCH3 is 1. The summed E-state index contributed by atoms with van der Waals surface area (Å²) in [5.74, 6) is 0.0406. The second-order valence-corrected chi connectivity index (χ2v) is 9.96. The van der Waals surface area contributed by atoms with Gasteiger partial charge in [0.1, 0.15) is 11.3 Å². The molecule has 0 amide bonds. The smallest absolute Gasteiger partial charge is 0.213 e. The lowest BCUT2D eigenvalue weighted by molar-refractivity contribution is 0.312. The molecule has 0 atom stereocenters. The van der Waals surface area contributed by atoms with Crippen molar-refractivity contribution in [3.05, 3.63) is 58.6 Å². The first kappa shape index (κ1) is 19.9. The molecule has 2 fully saturated rings. The SMILES string of the molecule is [2H]C([2H])(c1cc(Nc2c3ccc(Cl)cc3nc3ccc(OC)nc23)cc(C([2H])([2H])N2CCCC2)c1O)N1CCCC1. The van der Waals surface area contributed by atoms with Crippen LogP contribution in [0.2, 0.25) is 5.02 Å². The molecule has 4 aromatic rings. The van der Waals surface area contributed by atoms with Gasteiger partial charge >= 0.3 is 0 Å². The van der Waals surface area contributed by atoms with Gasteiger partial charge in [-0.15, -0.1) is 0 Å². The molecule has 2 aromatic carbocycles. The average Bonchev–Trinajstić information content (AvgIpc) is 3.69. The minimum absolute atomic E-state index is 0.0266. The molecule has 192 valence electrons. The van der Waals surface area contributed by atoms with Crippen LogP contribution in [0.15, 0.2) is 42.5 Å². The predicted molar refractivity (Wildman–Crippen MR) is 149 cm³/mol. The molecular formula is C29H32ClN5O2. The van der Waals surface area contributed by atoms with Crippen molar-refractivity contribution >= 4 is 44.9 Å². The number of aromatic hydroxyl groups is 1. The van der Waals surface area contributed by atoms with Gasteiger partial charge in [0.2, 0.25) is 5.88 Å². The Balaban J connectivity index is 1.57. The van der Waals surface area contributed by atoms with Crippen LogP contribution in [-0.2, 0) is 13.0 Å². The number of anilines is 2. The van der Waals surface area contributed by atoms with Crippen LogP contribution < -0.4 is 10.1 Å². The molecule has 0 bridgehead atoms. The summed E-state index contributed by atoms with van der Waals surface area (Å²) in [6.07, 6.45) is 3.46. The van der Waals surface area contributed by atoms with Crippen molar-refractivity contribution in [1.29, 1.82) is 0 Å². The molecule has 0 spiro atoms. The Bertz CT molecular complexity index is 1580. The number of hydrogen-bond acceptors (Lipinski definition) is 7. The molecule has 7 nitrogen and oxygen atoms in total. The maximum Gasteiger partial charge on any atom is 0.213 e. The third kappa shape index (κ3) is 5.04. The van der Waals surface area contributed by atoms with Gasteiger partial charge in [0.05, 0.1) is 23.8 Å². The normalized spacial score (nSPS) is 19.1. The fraction of sp³-hybridized carbons (Fsp3) is 0.379. The molecule has 0 radical (unpaired) electrons. The number of pyridine rings is 2. The summed E-state index contributed by atoms with van der Waals surface area (Å²) in [5.41, 5.74) is 2.83. The maximum atomic E-state index is 11.5. The Labute approximate surface area is 227 Å². The topological polar surface area (TPSA) is 73.8 Å². The molecule has 2 saturated heterocycles. The fourth-order valence-electron chi connectivity index (χ4n) is 5.03. The number of phenolic OH excluding ortho intramolecular Hbond substituents is 1. The summed E-state index contributed by atoms with van der Waals surface area (Å²) in [4.78, 5) is 12.8. The van der Waals surface area contributed by atoms with Crippen molar-refractivity contribution in [2.45, 2.75) is 38.7 Å². The van der Waals surface area contributed by atoms with Gasteiger partial charge in [-0.3, -0.25) is 9.80 Å². The second kappa shape index (κ2) is 10.3. The highest BCUT2D eigenvalue weighted by Crippen LogP contribution is 2.37. The van der Waals surface area contributed by atoms with Gasteiger partial charge in [0, 0.05) is 51.8 Å². The summed E-state index contributed by atoms with van der Waals surface area (Å²) >= 11 is 6.30. The van der Waals surface area contributed by atoms with E-state index in [1.807, 2.05) is 6.07 Å². The summed E-state index contributed by atoms with van der Waals surface area (Å²) < 4.78 is 41.6. The molecule has 4 heterocycles. The highest BCUT2D eigenvalue weighted by Gasteiger charge is 2.21. The van der Waals surface area contributed by atoms with E-state index in [1.165, 1.54) is 7.11 Å². The van der Waals surface area contributed by atoms with Gasteiger partial charge in [0.25, 0.3) is 0 Å². The minimum atomic E-state index is -2.01. The van der Waals surface area contributed by atoms with Gasteiger partial charge in [-0.05, 0) is 88.3 Å². The van der Waals surface area contributed by atoms with Gasteiger partial charge in [-0.25, -0.2) is 9.97 Å². The third-order valence-electron chi connectivity index (χ3n) is 6.91. The average molecular weight is 522 g/mol. The minimum Gasteiger partial charge on any atom is -0.507 e. The zero-order chi connectivity index (χ0) is 28.9. The number of rotatable bonds is 7. The van der Waals surface area contributed by atoms with Crippen LogP contribution in [0, 0.1) is 0 Å². The molecule has 0 unspecified atom stereocenters. The number of halogens is 1. The number of hydrogen-bond donors (Lipinski definition) is 2. The zero-order valence-electron chi connectivity index (χ0n) is 24.7.